The van der Waals surface area contributed by atoms with Crippen LogP contribution < -0.4 is 10.3 Å². The smallest absolute Gasteiger partial charge is 0.256 e. The van der Waals surface area contributed by atoms with E-state index in [1.165, 1.54) is 6.92 Å². The van der Waals surface area contributed by atoms with E-state index in [1.807, 2.05) is 31.2 Å². The molecule has 0 amide bonds. The monoisotopic (exact) mass is 307 g/mol. The largest absolute Gasteiger partial charge is 0.497 e. The minimum absolute atomic E-state index is 0.0218. The molecule has 0 saturated carbocycles. The molecule has 0 fully saturated rings. The number of methoxy groups -OCH3 is 1. The van der Waals surface area contributed by atoms with Crippen LogP contribution in [0.15, 0.2) is 47.3 Å². The Morgan fingerprint density at radius 3 is 2.39 bits per heavy atom. The number of pyridine rings is 1. The number of nitrogens with one attached hydrogen (secondary N) is 1. The number of hydrogen-bond donors (Lipinski definition) is 1. The molecule has 2 aromatic carbocycles. The van der Waals surface area contributed by atoms with Crippen molar-refractivity contribution in [3.05, 3.63) is 63.9 Å². The first-order chi connectivity index (χ1) is 11.0. The number of ketones is 1. The number of carbonyl (C=O) groups is 1. The Morgan fingerprint density at radius 1 is 1.09 bits per heavy atom. The Bertz CT molecular complexity index is 953. The number of fused-ring (bicyclic) bond motifs is 1. The predicted molar refractivity (Wildman–Crippen MR) is 91.3 cm³/mol. The molecule has 0 unspecified atom stereocenters. The molecule has 3 aromatic rings. The predicted octanol–water partition coefficient (Wildman–Crippen LogP) is 3.71. The maximum atomic E-state index is 12.4. The summed E-state index contributed by atoms with van der Waals surface area (Å²) in [6.07, 6.45) is 0. The van der Waals surface area contributed by atoms with Gasteiger partial charge in [0, 0.05) is 22.0 Å². The lowest BCUT2D eigenvalue weighted by Crippen LogP contribution is -2.10. The van der Waals surface area contributed by atoms with E-state index < -0.39 is 0 Å². The van der Waals surface area contributed by atoms with E-state index >= 15 is 0 Å². The average Bonchev–Trinajstić information content (AvgIpc) is 2.53. The molecule has 116 valence electrons. The molecular weight excluding hydrogens is 290 g/mol. The van der Waals surface area contributed by atoms with Gasteiger partial charge in [-0.3, -0.25) is 9.59 Å². The van der Waals surface area contributed by atoms with E-state index in [2.05, 4.69) is 4.98 Å². The Morgan fingerprint density at radius 2 is 1.78 bits per heavy atom. The summed E-state index contributed by atoms with van der Waals surface area (Å²) in [6, 6.07) is 12.8. The lowest BCUT2D eigenvalue weighted by atomic mass is 9.98. The fourth-order valence-electron chi connectivity index (χ4n) is 2.73. The number of hydrogen-bond acceptors (Lipinski definition) is 3. The average molecular weight is 307 g/mol. The van der Waals surface area contributed by atoms with Gasteiger partial charge in [0.05, 0.1) is 7.11 Å². The maximum Gasteiger partial charge on any atom is 0.256 e. The second-order valence-corrected chi connectivity index (χ2v) is 5.57. The fourth-order valence-corrected chi connectivity index (χ4v) is 2.73. The van der Waals surface area contributed by atoms with E-state index in [-0.39, 0.29) is 11.3 Å². The minimum Gasteiger partial charge on any atom is -0.497 e. The van der Waals surface area contributed by atoms with Gasteiger partial charge in [-0.2, -0.15) is 0 Å². The van der Waals surface area contributed by atoms with Crippen molar-refractivity contribution in [1.82, 2.24) is 4.98 Å². The van der Waals surface area contributed by atoms with Gasteiger partial charge in [0.1, 0.15) is 5.75 Å². The molecule has 3 rings (SSSR count). The summed E-state index contributed by atoms with van der Waals surface area (Å²) < 4.78 is 5.14. The second kappa shape index (κ2) is 5.72. The zero-order chi connectivity index (χ0) is 16.6. The van der Waals surface area contributed by atoms with E-state index in [0.717, 1.165) is 22.3 Å². The Balaban J connectivity index is 2.27. The van der Waals surface area contributed by atoms with Crippen LogP contribution in [0.3, 0.4) is 0 Å². The van der Waals surface area contributed by atoms with E-state index in [0.29, 0.717) is 16.6 Å². The molecule has 1 heterocycles. The summed E-state index contributed by atoms with van der Waals surface area (Å²) in [5.74, 6) is 0.706. The molecule has 0 atom stereocenters. The van der Waals surface area contributed by atoms with Gasteiger partial charge in [-0.15, -0.1) is 0 Å². The fraction of sp³-hybridized carbons (Fsp3) is 0.158. The molecule has 0 aliphatic rings. The Hall–Kier alpha value is -2.88. The van der Waals surface area contributed by atoms with E-state index in [9.17, 15) is 9.59 Å². The SMILES string of the molecule is COc1ccc(-c2cc3c(C(C)=O)cc(C)cc3[nH]c2=O)cc1. The third-order valence-electron chi connectivity index (χ3n) is 3.89. The van der Waals surface area contributed by atoms with Gasteiger partial charge in [-0.25, -0.2) is 0 Å². The maximum absolute atomic E-state index is 12.4. The van der Waals surface area contributed by atoms with Crippen LogP contribution in [0, 0.1) is 6.92 Å². The summed E-state index contributed by atoms with van der Waals surface area (Å²) in [7, 11) is 1.60. The van der Waals surface area contributed by atoms with Crippen LogP contribution in [0.5, 0.6) is 5.75 Å². The van der Waals surface area contributed by atoms with Gasteiger partial charge >= 0.3 is 0 Å². The van der Waals surface area contributed by atoms with Crippen molar-refractivity contribution in [2.75, 3.05) is 7.11 Å². The highest BCUT2D eigenvalue weighted by Gasteiger charge is 2.12. The number of H-pyrrole nitrogens is 1. The van der Waals surface area contributed by atoms with Gasteiger partial charge in [0.15, 0.2) is 5.78 Å². The van der Waals surface area contributed by atoms with Crippen LogP contribution in [-0.4, -0.2) is 17.9 Å². The first-order valence-corrected chi connectivity index (χ1v) is 7.32. The summed E-state index contributed by atoms with van der Waals surface area (Å²) in [4.78, 5) is 27.2. The summed E-state index contributed by atoms with van der Waals surface area (Å²) in [5.41, 5.74) is 3.37. The number of ether oxygens (including phenoxy) is 1. The summed E-state index contributed by atoms with van der Waals surface area (Å²) in [5, 5.41) is 0.758. The number of aryl methyl sites for hydroxylation is 1. The van der Waals surface area contributed by atoms with E-state index in [1.54, 1.807) is 25.3 Å². The van der Waals surface area contributed by atoms with Crippen LogP contribution in [0.25, 0.3) is 22.0 Å². The van der Waals surface area contributed by atoms with Crippen molar-refractivity contribution < 1.29 is 9.53 Å². The normalized spacial score (nSPS) is 10.7. The van der Waals surface area contributed by atoms with Crippen molar-refractivity contribution in [1.29, 1.82) is 0 Å². The first kappa shape index (κ1) is 15.0. The van der Waals surface area contributed by atoms with Gasteiger partial charge in [-0.05, 0) is 55.3 Å². The number of rotatable bonds is 3. The third kappa shape index (κ3) is 2.75. The van der Waals surface area contributed by atoms with Gasteiger partial charge in [-0.1, -0.05) is 12.1 Å². The van der Waals surface area contributed by atoms with Gasteiger partial charge < -0.3 is 9.72 Å². The highest BCUT2D eigenvalue weighted by atomic mass is 16.5. The zero-order valence-corrected chi connectivity index (χ0v) is 13.3. The standard InChI is InChI=1S/C19H17NO3/c1-11-8-15(12(2)21)17-10-16(19(22)20-18(17)9-11)13-4-6-14(23-3)7-5-13/h4-10H,1-3H3,(H,20,22). The molecule has 0 saturated heterocycles. The molecule has 0 bridgehead atoms. The highest BCUT2D eigenvalue weighted by Crippen LogP contribution is 2.25. The Kier molecular flexibility index (Phi) is 3.74. The third-order valence-corrected chi connectivity index (χ3v) is 3.89. The number of carbonyl (C=O) groups excluding carboxylic acids is 1. The molecule has 4 nitrogen and oxygen atoms in total. The van der Waals surface area contributed by atoms with Crippen molar-refractivity contribution in [2.45, 2.75) is 13.8 Å². The number of aromatic nitrogens is 1. The number of Topliss-reactive ketones (excluding diaryl/α,β-unsaturated/α-hetero) is 1. The van der Waals surface area contributed by atoms with Crippen molar-refractivity contribution in [3.63, 3.8) is 0 Å². The number of benzene rings is 2. The highest BCUT2D eigenvalue weighted by molar-refractivity contribution is 6.07. The molecule has 1 N–H and O–H groups in total. The van der Waals surface area contributed by atoms with Crippen LogP contribution in [0.2, 0.25) is 0 Å². The van der Waals surface area contributed by atoms with Crippen molar-refractivity contribution in [2.24, 2.45) is 0 Å². The summed E-state index contributed by atoms with van der Waals surface area (Å²) >= 11 is 0. The van der Waals surface area contributed by atoms with Crippen LogP contribution in [-0.2, 0) is 0 Å². The molecule has 23 heavy (non-hydrogen) atoms. The molecular formula is C19H17NO3. The van der Waals surface area contributed by atoms with E-state index in [4.69, 9.17) is 4.74 Å². The molecule has 1 aromatic heterocycles. The molecule has 0 aliphatic heterocycles. The topological polar surface area (TPSA) is 59.2 Å². The molecule has 0 spiro atoms. The molecule has 0 aliphatic carbocycles. The van der Waals surface area contributed by atoms with Crippen molar-refractivity contribution >= 4 is 16.7 Å². The lowest BCUT2D eigenvalue weighted by Gasteiger charge is -2.09. The van der Waals surface area contributed by atoms with Gasteiger partial charge in [0.2, 0.25) is 0 Å². The second-order valence-electron chi connectivity index (χ2n) is 5.57. The zero-order valence-electron chi connectivity index (χ0n) is 13.3. The van der Waals surface area contributed by atoms with Crippen LogP contribution in [0.1, 0.15) is 22.8 Å². The lowest BCUT2D eigenvalue weighted by molar-refractivity contribution is 0.101. The minimum atomic E-state index is -0.178. The Labute approximate surface area is 133 Å². The van der Waals surface area contributed by atoms with Crippen molar-refractivity contribution in [3.8, 4) is 16.9 Å². The van der Waals surface area contributed by atoms with Crippen LogP contribution in [0.4, 0.5) is 0 Å². The van der Waals surface area contributed by atoms with Crippen LogP contribution >= 0.6 is 0 Å². The van der Waals surface area contributed by atoms with Gasteiger partial charge in [0.25, 0.3) is 5.56 Å². The number of aromatic amines is 1. The molecule has 4 heteroatoms. The summed E-state index contributed by atoms with van der Waals surface area (Å²) in [6.45, 7) is 3.44. The quantitative estimate of drug-likeness (QED) is 0.750. The first-order valence-electron chi connectivity index (χ1n) is 7.32. The molecule has 0 radical (unpaired) electrons.